The maximum Gasteiger partial charge on any atom is 0.434 e. The van der Waals surface area contributed by atoms with Crippen LogP contribution in [0.15, 0.2) is 6.20 Å². The molecular weight excluding hydrogens is 323 g/mol. The number of aromatic nitrogens is 2. The van der Waals surface area contributed by atoms with Gasteiger partial charge in [-0.05, 0) is 12.3 Å². The molecule has 1 aliphatic heterocycles. The van der Waals surface area contributed by atoms with Crippen LogP contribution in [0.5, 0.6) is 0 Å². The standard InChI is InChI=1S/C12H18F3N3O3S/c1-21-4-5-22(19,20)16-6-9-2-3-11-17-10(12(13,14)15)8-18(11)7-9/h8-9,16H,2-7H2,1H3. The van der Waals surface area contributed by atoms with Crippen LogP contribution in [0.2, 0.25) is 0 Å². The first kappa shape index (κ1) is 17.2. The van der Waals surface area contributed by atoms with Crippen LogP contribution >= 0.6 is 0 Å². The van der Waals surface area contributed by atoms with Crippen molar-refractivity contribution in [2.75, 3.05) is 26.0 Å². The molecular formula is C12H18F3N3O3S. The van der Waals surface area contributed by atoms with Gasteiger partial charge in [-0.1, -0.05) is 0 Å². The second-order valence-corrected chi connectivity index (χ2v) is 7.18. The van der Waals surface area contributed by atoms with E-state index in [4.69, 9.17) is 4.74 Å². The molecule has 1 aliphatic rings. The fourth-order valence-corrected chi connectivity index (χ4v) is 3.35. The molecule has 0 fully saturated rings. The van der Waals surface area contributed by atoms with Gasteiger partial charge >= 0.3 is 6.18 Å². The normalized spacial score (nSPS) is 19.2. The molecule has 2 heterocycles. The molecule has 1 aromatic heterocycles. The molecule has 126 valence electrons. The van der Waals surface area contributed by atoms with Gasteiger partial charge < -0.3 is 9.30 Å². The number of aryl methyl sites for hydroxylation is 1. The van der Waals surface area contributed by atoms with Crippen molar-refractivity contribution in [3.63, 3.8) is 0 Å². The maximum absolute atomic E-state index is 12.6. The third-order valence-corrected chi connectivity index (χ3v) is 4.84. The first-order valence-corrected chi connectivity index (χ1v) is 8.46. The quantitative estimate of drug-likeness (QED) is 0.839. The lowest BCUT2D eigenvalue weighted by Gasteiger charge is -2.23. The van der Waals surface area contributed by atoms with Crippen LogP contribution in [0.3, 0.4) is 0 Å². The summed E-state index contributed by atoms with van der Waals surface area (Å²) in [5, 5.41) is 0. The average molecular weight is 341 g/mol. The van der Waals surface area contributed by atoms with Gasteiger partial charge in [0, 0.05) is 32.8 Å². The van der Waals surface area contributed by atoms with Gasteiger partial charge in [0.05, 0.1) is 12.4 Å². The molecule has 6 nitrogen and oxygen atoms in total. The highest BCUT2D eigenvalue weighted by atomic mass is 32.2. The SMILES string of the molecule is COCCS(=O)(=O)NCC1CCc2nc(C(F)(F)F)cn2C1. The Morgan fingerprint density at radius 1 is 1.50 bits per heavy atom. The highest BCUT2D eigenvalue weighted by Gasteiger charge is 2.35. The molecule has 1 aromatic rings. The van der Waals surface area contributed by atoms with E-state index in [1.54, 1.807) is 0 Å². The van der Waals surface area contributed by atoms with Gasteiger partial charge in [-0.15, -0.1) is 0 Å². The highest BCUT2D eigenvalue weighted by Crippen LogP contribution is 2.30. The minimum absolute atomic E-state index is 0.0555. The monoisotopic (exact) mass is 341 g/mol. The number of ether oxygens (including phenoxy) is 1. The van der Waals surface area contributed by atoms with Gasteiger partial charge in [-0.25, -0.2) is 18.1 Å². The smallest absolute Gasteiger partial charge is 0.384 e. The molecule has 1 atom stereocenters. The first-order valence-electron chi connectivity index (χ1n) is 6.81. The van der Waals surface area contributed by atoms with Crippen LogP contribution < -0.4 is 4.72 Å². The maximum atomic E-state index is 12.6. The molecule has 0 bridgehead atoms. The summed E-state index contributed by atoms with van der Waals surface area (Å²) in [7, 11) is -2.01. The van der Waals surface area contributed by atoms with Crippen LogP contribution in [0.25, 0.3) is 0 Å². The summed E-state index contributed by atoms with van der Waals surface area (Å²) >= 11 is 0. The Kier molecular flexibility index (Phi) is 5.13. The number of imidazole rings is 1. The summed E-state index contributed by atoms with van der Waals surface area (Å²) in [5.74, 6) is 0.205. The van der Waals surface area contributed by atoms with Crippen molar-refractivity contribution in [1.82, 2.24) is 14.3 Å². The molecule has 0 saturated carbocycles. The predicted octanol–water partition coefficient (Wildman–Crippen LogP) is 1.03. The molecule has 1 unspecified atom stereocenters. The molecule has 10 heteroatoms. The van der Waals surface area contributed by atoms with Crippen molar-refractivity contribution < 1.29 is 26.3 Å². The molecule has 0 spiro atoms. The zero-order valence-electron chi connectivity index (χ0n) is 12.1. The molecule has 0 aromatic carbocycles. The van der Waals surface area contributed by atoms with Crippen LogP contribution in [-0.2, 0) is 33.9 Å². The Morgan fingerprint density at radius 3 is 2.86 bits per heavy atom. The number of fused-ring (bicyclic) bond motifs is 1. The largest absolute Gasteiger partial charge is 0.434 e. The van der Waals surface area contributed by atoms with E-state index in [0.29, 0.717) is 25.2 Å². The topological polar surface area (TPSA) is 73.2 Å². The lowest BCUT2D eigenvalue weighted by Crippen LogP contribution is -2.35. The predicted molar refractivity (Wildman–Crippen MR) is 72.7 cm³/mol. The number of hydrogen-bond donors (Lipinski definition) is 1. The minimum Gasteiger partial charge on any atom is -0.384 e. The summed E-state index contributed by atoms with van der Waals surface area (Å²) < 4.78 is 69.8. The summed E-state index contributed by atoms with van der Waals surface area (Å²) in [6.07, 6.45) is -2.47. The number of sulfonamides is 1. The van der Waals surface area contributed by atoms with Gasteiger partial charge in [-0.2, -0.15) is 13.2 Å². The van der Waals surface area contributed by atoms with Crippen LogP contribution in [0, 0.1) is 5.92 Å². The Balaban J connectivity index is 1.94. The number of halogens is 3. The number of hydrogen-bond acceptors (Lipinski definition) is 4. The molecule has 1 N–H and O–H groups in total. The molecule has 0 radical (unpaired) electrons. The van der Waals surface area contributed by atoms with E-state index >= 15 is 0 Å². The summed E-state index contributed by atoms with van der Waals surface area (Å²) in [4.78, 5) is 3.59. The van der Waals surface area contributed by atoms with Crippen LogP contribution in [0.4, 0.5) is 13.2 Å². The van der Waals surface area contributed by atoms with Gasteiger partial charge in [0.1, 0.15) is 5.82 Å². The van der Waals surface area contributed by atoms with Crippen LogP contribution in [0.1, 0.15) is 17.9 Å². The zero-order valence-corrected chi connectivity index (χ0v) is 12.9. The Labute approximate surface area is 126 Å². The van der Waals surface area contributed by atoms with E-state index in [1.807, 2.05) is 0 Å². The van der Waals surface area contributed by atoms with Gasteiger partial charge in [0.15, 0.2) is 5.69 Å². The molecule has 0 saturated heterocycles. The fraction of sp³-hybridized carbons (Fsp3) is 0.750. The van der Waals surface area contributed by atoms with Crippen molar-refractivity contribution in [2.45, 2.75) is 25.6 Å². The molecule has 0 aliphatic carbocycles. The van der Waals surface area contributed by atoms with E-state index in [9.17, 15) is 21.6 Å². The fourth-order valence-electron chi connectivity index (χ4n) is 2.33. The van der Waals surface area contributed by atoms with Gasteiger partial charge in [0.25, 0.3) is 0 Å². The molecule has 2 rings (SSSR count). The summed E-state index contributed by atoms with van der Waals surface area (Å²) in [6, 6.07) is 0. The van der Waals surface area contributed by atoms with Crippen molar-refractivity contribution in [3.8, 4) is 0 Å². The number of methoxy groups -OCH3 is 1. The third-order valence-electron chi connectivity index (χ3n) is 3.53. The van der Waals surface area contributed by atoms with Crippen molar-refractivity contribution in [1.29, 1.82) is 0 Å². The minimum atomic E-state index is -4.46. The highest BCUT2D eigenvalue weighted by molar-refractivity contribution is 7.89. The third kappa shape index (κ3) is 4.43. The van der Waals surface area contributed by atoms with Crippen molar-refractivity contribution >= 4 is 10.0 Å². The number of nitrogens with zero attached hydrogens (tertiary/aromatic N) is 2. The van der Waals surface area contributed by atoms with E-state index in [0.717, 1.165) is 6.20 Å². The van der Waals surface area contributed by atoms with Crippen molar-refractivity contribution in [2.24, 2.45) is 5.92 Å². The van der Waals surface area contributed by atoms with Gasteiger partial charge in [-0.3, -0.25) is 0 Å². The Bertz CT molecular complexity index is 613. The Morgan fingerprint density at radius 2 is 2.23 bits per heavy atom. The average Bonchev–Trinajstić information content (AvgIpc) is 2.86. The second kappa shape index (κ2) is 6.55. The van der Waals surface area contributed by atoms with Gasteiger partial charge in [0.2, 0.25) is 10.0 Å². The Hall–Kier alpha value is -1.13. The number of nitrogens with one attached hydrogen (secondary N) is 1. The molecule has 0 amide bonds. The summed E-state index contributed by atoms with van der Waals surface area (Å²) in [5.41, 5.74) is -0.899. The van der Waals surface area contributed by atoms with E-state index in [1.165, 1.54) is 11.7 Å². The molecule has 22 heavy (non-hydrogen) atoms. The van der Waals surface area contributed by atoms with Crippen molar-refractivity contribution in [3.05, 3.63) is 17.7 Å². The van der Waals surface area contributed by atoms with Crippen LogP contribution in [-0.4, -0.2) is 44.0 Å². The summed E-state index contributed by atoms with van der Waals surface area (Å²) in [6.45, 7) is 0.622. The number of rotatable bonds is 6. The lowest BCUT2D eigenvalue weighted by molar-refractivity contribution is -0.141. The van der Waals surface area contributed by atoms with E-state index in [2.05, 4.69) is 9.71 Å². The second-order valence-electron chi connectivity index (χ2n) is 5.26. The first-order chi connectivity index (χ1) is 10.2. The lowest BCUT2D eigenvalue weighted by atomic mass is 10.00. The number of alkyl halides is 3. The van der Waals surface area contributed by atoms with E-state index in [-0.39, 0.29) is 24.8 Å². The van der Waals surface area contributed by atoms with E-state index < -0.39 is 21.9 Å². The zero-order chi connectivity index (χ0) is 16.4.